The van der Waals surface area contributed by atoms with Crippen molar-refractivity contribution in [2.24, 2.45) is 0 Å². The molecule has 0 amide bonds. The summed E-state index contributed by atoms with van der Waals surface area (Å²) in [6.07, 6.45) is 2.21. The molecule has 0 aliphatic heterocycles. The zero-order valence-electron chi connectivity index (χ0n) is 16.8. The summed E-state index contributed by atoms with van der Waals surface area (Å²) in [5.41, 5.74) is 8.27. The van der Waals surface area contributed by atoms with E-state index < -0.39 is 0 Å². The Balaban J connectivity index is 2.36. The van der Waals surface area contributed by atoms with Crippen LogP contribution in [-0.2, 0) is 0 Å². The zero-order chi connectivity index (χ0) is 18.8. The van der Waals surface area contributed by atoms with Crippen molar-refractivity contribution in [3.8, 4) is 16.9 Å². The summed E-state index contributed by atoms with van der Waals surface area (Å²) in [4.78, 5) is 4.90. The molecular formula is C24H29NO. The van der Waals surface area contributed by atoms with Crippen LogP contribution in [0.5, 0.6) is 5.75 Å². The molecule has 136 valence electrons. The first kappa shape index (κ1) is 18.4. The number of ether oxygens (including phenoxy) is 1. The van der Waals surface area contributed by atoms with E-state index >= 15 is 0 Å². The highest BCUT2D eigenvalue weighted by molar-refractivity contribution is 5.94. The van der Waals surface area contributed by atoms with Crippen LogP contribution in [-0.4, -0.2) is 11.1 Å². The summed E-state index contributed by atoms with van der Waals surface area (Å²) >= 11 is 0. The minimum atomic E-state index is 0.213. The Morgan fingerprint density at radius 2 is 1.50 bits per heavy atom. The summed E-state index contributed by atoms with van der Waals surface area (Å²) < 4.78 is 6.59. The van der Waals surface area contributed by atoms with Gasteiger partial charge in [-0.15, -0.1) is 0 Å². The molecule has 0 spiro atoms. The predicted octanol–water partition coefficient (Wildman–Crippen LogP) is 6.70. The van der Waals surface area contributed by atoms with Crippen LogP contribution in [0.3, 0.4) is 0 Å². The first-order valence-corrected chi connectivity index (χ1v) is 9.60. The van der Waals surface area contributed by atoms with E-state index in [1.165, 1.54) is 22.3 Å². The van der Waals surface area contributed by atoms with Gasteiger partial charge in [-0.1, -0.05) is 43.7 Å². The van der Waals surface area contributed by atoms with Gasteiger partial charge in [0.25, 0.3) is 0 Å². The molecule has 2 aromatic carbocycles. The van der Waals surface area contributed by atoms with Gasteiger partial charge in [-0.3, -0.25) is 4.98 Å². The molecule has 0 fully saturated rings. The molecule has 0 N–H and O–H groups in total. The van der Waals surface area contributed by atoms with Crippen LogP contribution >= 0.6 is 0 Å². The number of aromatic nitrogens is 1. The van der Waals surface area contributed by atoms with Gasteiger partial charge in [0.05, 0.1) is 11.6 Å². The van der Waals surface area contributed by atoms with Gasteiger partial charge < -0.3 is 4.74 Å². The van der Waals surface area contributed by atoms with E-state index in [1.807, 2.05) is 6.07 Å². The van der Waals surface area contributed by atoms with Crippen LogP contribution < -0.4 is 4.74 Å². The topological polar surface area (TPSA) is 22.1 Å². The molecular weight excluding hydrogens is 318 g/mol. The highest BCUT2D eigenvalue weighted by Gasteiger charge is 2.21. The number of rotatable bonds is 5. The molecule has 0 aliphatic carbocycles. The second-order valence-corrected chi connectivity index (χ2v) is 7.25. The lowest BCUT2D eigenvalue weighted by Gasteiger charge is -2.23. The Morgan fingerprint density at radius 1 is 0.885 bits per heavy atom. The van der Waals surface area contributed by atoms with Crippen LogP contribution in [0.2, 0.25) is 0 Å². The van der Waals surface area contributed by atoms with E-state index in [-0.39, 0.29) is 6.10 Å². The average molecular weight is 348 g/mol. The highest BCUT2D eigenvalue weighted by Crippen LogP contribution is 2.42. The van der Waals surface area contributed by atoms with Crippen molar-refractivity contribution >= 4 is 10.9 Å². The Kier molecular flexibility index (Phi) is 5.31. The molecule has 1 heterocycles. The largest absolute Gasteiger partial charge is 0.489 e. The number of aryl methyl sites for hydroxylation is 4. The van der Waals surface area contributed by atoms with Gasteiger partial charge in [0, 0.05) is 16.6 Å². The van der Waals surface area contributed by atoms with E-state index in [2.05, 4.69) is 71.9 Å². The number of hydrogen-bond donors (Lipinski definition) is 0. The molecule has 0 saturated heterocycles. The lowest BCUT2D eigenvalue weighted by molar-refractivity contribution is 0.196. The second-order valence-electron chi connectivity index (χ2n) is 7.25. The first-order chi connectivity index (χ1) is 12.5. The molecule has 0 radical (unpaired) electrons. The summed E-state index contributed by atoms with van der Waals surface area (Å²) in [5.74, 6) is 0.983. The van der Waals surface area contributed by atoms with Crippen LogP contribution in [0.25, 0.3) is 22.0 Å². The maximum Gasteiger partial charge on any atom is 0.138 e. The SMILES string of the molecule is CCC(CC)Oc1c(-c2c(C)cc(C)cc2C)c(C)nc2ccccc12. The first-order valence-electron chi connectivity index (χ1n) is 9.60. The van der Waals surface area contributed by atoms with Gasteiger partial charge in [-0.05, 0) is 69.4 Å². The van der Waals surface area contributed by atoms with Crippen molar-refractivity contribution in [2.75, 3.05) is 0 Å². The monoisotopic (exact) mass is 347 g/mol. The standard InChI is InChI=1S/C24H29NO/c1-7-19(8-2)26-24-20-11-9-10-12-21(20)25-18(6)23(24)22-16(4)13-15(3)14-17(22)5/h9-14,19H,7-8H2,1-6H3. The van der Waals surface area contributed by atoms with Gasteiger partial charge in [-0.2, -0.15) is 0 Å². The zero-order valence-corrected chi connectivity index (χ0v) is 16.8. The molecule has 0 aliphatic rings. The third-order valence-electron chi connectivity index (χ3n) is 5.15. The summed E-state index contributed by atoms with van der Waals surface area (Å²) in [5, 5.41) is 1.10. The fourth-order valence-electron chi connectivity index (χ4n) is 3.91. The molecule has 3 rings (SSSR count). The maximum atomic E-state index is 6.59. The minimum absolute atomic E-state index is 0.213. The lowest BCUT2D eigenvalue weighted by Crippen LogP contribution is -2.15. The van der Waals surface area contributed by atoms with E-state index in [1.54, 1.807) is 0 Å². The highest BCUT2D eigenvalue weighted by atomic mass is 16.5. The Morgan fingerprint density at radius 3 is 2.12 bits per heavy atom. The predicted molar refractivity (Wildman–Crippen MR) is 111 cm³/mol. The fraction of sp³-hybridized carbons (Fsp3) is 0.375. The van der Waals surface area contributed by atoms with E-state index in [9.17, 15) is 0 Å². The minimum Gasteiger partial charge on any atom is -0.489 e. The van der Waals surface area contributed by atoms with E-state index in [0.717, 1.165) is 40.8 Å². The number of fused-ring (bicyclic) bond motifs is 1. The van der Waals surface area contributed by atoms with Gasteiger partial charge in [0.1, 0.15) is 5.75 Å². The van der Waals surface area contributed by atoms with Crippen molar-refractivity contribution in [3.63, 3.8) is 0 Å². The quantitative estimate of drug-likeness (QED) is 0.512. The smallest absolute Gasteiger partial charge is 0.138 e. The summed E-state index contributed by atoms with van der Waals surface area (Å²) in [6, 6.07) is 12.8. The van der Waals surface area contributed by atoms with Crippen molar-refractivity contribution < 1.29 is 4.74 Å². The van der Waals surface area contributed by atoms with Crippen molar-refractivity contribution in [2.45, 2.75) is 60.5 Å². The molecule has 26 heavy (non-hydrogen) atoms. The average Bonchev–Trinajstić information content (AvgIpc) is 2.60. The molecule has 0 atom stereocenters. The second kappa shape index (κ2) is 7.49. The molecule has 0 saturated carbocycles. The van der Waals surface area contributed by atoms with Crippen LogP contribution in [0, 0.1) is 27.7 Å². The number of benzene rings is 2. The van der Waals surface area contributed by atoms with Crippen LogP contribution in [0.4, 0.5) is 0 Å². The molecule has 3 aromatic rings. The van der Waals surface area contributed by atoms with Gasteiger partial charge in [-0.25, -0.2) is 0 Å². The number of pyridine rings is 1. The fourth-order valence-corrected chi connectivity index (χ4v) is 3.91. The van der Waals surface area contributed by atoms with Gasteiger partial charge in [0.15, 0.2) is 0 Å². The number of nitrogens with zero attached hydrogens (tertiary/aromatic N) is 1. The maximum absolute atomic E-state index is 6.59. The Hall–Kier alpha value is -2.35. The molecule has 0 bridgehead atoms. The van der Waals surface area contributed by atoms with Gasteiger partial charge >= 0.3 is 0 Å². The third-order valence-corrected chi connectivity index (χ3v) is 5.15. The van der Waals surface area contributed by atoms with Crippen LogP contribution in [0.1, 0.15) is 49.1 Å². The third kappa shape index (κ3) is 3.33. The normalized spacial score (nSPS) is 11.3. The lowest BCUT2D eigenvalue weighted by atomic mass is 9.91. The number of para-hydroxylation sites is 1. The Bertz CT molecular complexity index is 915. The van der Waals surface area contributed by atoms with E-state index in [4.69, 9.17) is 9.72 Å². The number of hydrogen-bond acceptors (Lipinski definition) is 2. The molecule has 0 unspecified atom stereocenters. The van der Waals surface area contributed by atoms with Crippen LogP contribution in [0.15, 0.2) is 36.4 Å². The van der Waals surface area contributed by atoms with Gasteiger partial charge in [0.2, 0.25) is 0 Å². The molecule has 2 nitrogen and oxygen atoms in total. The van der Waals surface area contributed by atoms with Crippen molar-refractivity contribution in [1.29, 1.82) is 0 Å². The molecule has 2 heteroatoms. The Labute approximate surface area is 157 Å². The molecule has 1 aromatic heterocycles. The van der Waals surface area contributed by atoms with Crippen molar-refractivity contribution in [1.82, 2.24) is 4.98 Å². The van der Waals surface area contributed by atoms with Crippen molar-refractivity contribution in [3.05, 3.63) is 58.8 Å². The summed E-state index contributed by atoms with van der Waals surface area (Å²) in [6.45, 7) is 13.0. The summed E-state index contributed by atoms with van der Waals surface area (Å²) in [7, 11) is 0. The van der Waals surface area contributed by atoms with E-state index in [0.29, 0.717) is 0 Å².